The van der Waals surface area contributed by atoms with Crippen molar-refractivity contribution in [3.63, 3.8) is 0 Å². The Kier molecular flexibility index (Phi) is 7.85. The van der Waals surface area contributed by atoms with Crippen LogP contribution in [0.15, 0.2) is 170 Å². The highest BCUT2D eigenvalue weighted by atomic mass is 16.6. The molecule has 2 aliphatic carbocycles. The molecule has 3 aliphatic rings. The van der Waals surface area contributed by atoms with Crippen molar-refractivity contribution in [2.45, 2.75) is 38.5 Å². The van der Waals surface area contributed by atoms with Gasteiger partial charge in [-0.3, -0.25) is 0 Å². The predicted molar refractivity (Wildman–Crippen MR) is 228 cm³/mol. The number of allylic oxidation sites excluding steroid dienone is 4. The first kappa shape index (κ1) is 33.0. The summed E-state index contributed by atoms with van der Waals surface area (Å²) >= 11 is 0. The molecule has 0 spiro atoms. The highest BCUT2D eigenvalue weighted by molar-refractivity contribution is 5.94. The summed E-state index contributed by atoms with van der Waals surface area (Å²) in [6.07, 6.45) is 11.8. The third-order valence-corrected chi connectivity index (χ3v) is 11.8. The fourth-order valence-corrected chi connectivity index (χ4v) is 9.08. The number of ether oxygens (including phenoxy) is 2. The second-order valence-electron chi connectivity index (χ2n) is 14.8. The molecule has 1 atom stereocenters. The van der Waals surface area contributed by atoms with Crippen LogP contribution in [0, 0.1) is 0 Å². The molecular weight excluding hydrogens is 671 g/mol. The van der Waals surface area contributed by atoms with Gasteiger partial charge in [0.15, 0.2) is 23.0 Å². The molecule has 1 unspecified atom stereocenters. The molecule has 55 heavy (non-hydrogen) atoms. The van der Waals surface area contributed by atoms with Crippen molar-refractivity contribution in [3.05, 3.63) is 192 Å². The third-order valence-electron chi connectivity index (χ3n) is 11.8. The molecule has 7 aromatic rings. The second kappa shape index (κ2) is 13.1. The zero-order valence-electron chi connectivity index (χ0n) is 31.2. The van der Waals surface area contributed by atoms with Crippen molar-refractivity contribution < 1.29 is 9.47 Å². The van der Waals surface area contributed by atoms with Crippen LogP contribution < -0.4 is 14.4 Å². The van der Waals surface area contributed by atoms with E-state index in [1.165, 1.54) is 49.7 Å². The highest BCUT2D eigenvalue weighted by Gasteiger charge is 2.44. The molecule has 0 amide bonds. The van der Waals surface area contributed by atoms with Crippen molar-refractivity contribution in [3.8, 4) is 45.3 Å². The van der Waals surface area contributed by atoms with Crippen molar-refractivity contribution in [2.75, 3.05) is 4.90 Å². The van der Waals surface area contributed by atoms with Gasteiger partial charge in [0.1, 0.15) is 0 Å². The van der Waals surface area contributed by atoms with E-state index in [9.17, 15) is 0 Å². The fourth-order valence-electron chi connectivity index (χ4n) is 9.08. The van der Waals surface area contributed by atoms with Gasteiger partial charge in [0.05, 0.1) is 5.69 Å². The van der Waals surface area contributed by atoms with Gasteiger partial charge in [-0.05, 0) is 142 Å². The molecular formula is C52H41NO2. The van der Waals surface area contributed by atoms with E-state index in [1.54, 1.807) is 0 Å². The van der Waals surface area contributed by atoms with Crippen molar-refractivity contribution in [2.24, 2.45) is 0 Å². The first-order chi connectivity index (χ1) is 27.1. The lowest BCUT2D eigenvalue weighted by Gasteiger charge is -2.33. The third kappa shape index (κ3) is 5.26. The van der Waals surface area contributed by atoms with Gasteiger partial charge in [-0.15, -0.1) is 0 Å². The minimum absolute atomic E-state index is 0.353. The fraction of sp³-hybridized carbons (Fsp3) is 0.115. The molecule has 1 heterocycles. The molecule has 3 heteroatoms. The van der Waals surface area contributed by atoms with Gasteiger partial charge in [0.25, 0.3) is 0 Å². The Balaban J connectivity index is 1.11. The molecule has 0 saturated heterocycles. The topological polar surface area (TPSA) is 21.7 Å². The van der Waals surface area contributed by atoms with E-state index in [0.717, 1.165) is 47.5 Å². The maximum Gasteiger partial charge on any atom is 0.194 e. The summed E-state index contributed by atoms with van der Waals surface area (Å²) < 4.78 is 13.9. The van der Waals surface area contributed by atoms with Gasteiger partial charge < -0.3 is 14.4 Å². The van der Waals surface area contributed by atoms with E-state index in [2.05, 4.69) is 183 Å². The summed E-state index contributed by atoms with van der Waals surface area (Å²) in [6, 6.07) is 50.1. The van der Waals surface area contributed by atoms with E-state index < -0.39 is 0 Å². The number of hydrogen-bond donors (Lipinski definition) is 0. The lowest BCUT2D eigenvalue weighted by Crippen LogP contribution is -2.26. The summed E-state index contributed by atoms with van der Waals surface area (Å²) in [6.45, 7) is 8.90. The van der Waals surface area contributed by atoms with Crippen LogP contribution in [0.3, 0.4) is 0 Å². The number of anilines is 3. The quantitative estimate of drug-likeness (QED) is 0.154. The maximum absolute atomic E-state index is 7.03. The molecule has 0 bridgehead atoms. The Morgan fingerprint density at radius 1 is 0.691 bits per heavy atom. The summed E-state index contributed by atoms with van der Waals surface area (Å²) in [7, 11) is 0. The second-order valence-corrected chi connectivity index (χ2v) is 14.8. The molecule has 0 saturated carbocycles. The first-order valence-corrected chi connectivity index (χ1v) is 19.3. The van der Waals surface area contributed by atoms with E-state index in [0.29, 0.717) is 23.0 Å². The molecule has 0 N–H and O–H groups in total. The number of hydrogen-bond acceptors (Lipinski definition) is 3. The van der Waals surface area contributed by atoms with Crippen LogP contribution in [0.2, 0.25) is 0 Å². The number of benzene rings is 7. The number of nitrogens with zero attached hydrogens (tertiary/aromatic N) is 1. The lowest BCUT2D eigenvalue weighted by atomic mass is 9.70. The Morgan fingerprint density at radius 3 is 2.35 bits per heavy atom. The Hall–Kier alpha value is -6.58. The van der Waals surface area contributed by atoms with Crippen LogP contribution >= 0.6 is 0 Å². The monoisotopic (exact) mass is 711 g/mol. The van der Waals surface area contributed by atoms with Gasteiger partial charge in [-0.25, -0.2) is 0 Å². The summed E-state index contributed by atoms with van der Waals surface area (Å²) in [5, 5.41) is 2.36. The van der Waals surface area contributed by atoms with Crippen LogP contribution in [0.4, 0.5) is 17.1 Å². The lowest BCUT2D eigenvalue weighted by molar-refractivity contribution is 0.360. The number of para-hydroxylation sites is 1. The molecule has 266 valence electrons. The Bertz CT molecular complexity index is 2740. The largest absolute Gasteiger partial charge is 0.449 e. The van der Waals surface area contributed by atoms with Crippen molar-refractivity contribution in [1.29, 1.82) is 0 Å². The average molecular weight is 712 g/mol. The number of fused-ring (bicyclic) bond motifs is 7. The van der Waals surface area contributed by atoms with Crippen LogP contribution in [-0.2, 0) is 11.8 Å². The molecule has 0 radical (unpaired) electrons. The van der Waals surface area contributed by atoms with E-state index in [1.807, 2.05) is 6.07 Å². The van der Waals surface area contributed by atoms with E-state index in [-0.39, 0.29) is 5.41 Å². The zero-order chi connectivity index (χ0) is 37.1. The normalized spacial score (nSPS) is 16.0. The predicted octanol–water partition coefficient (Wildman–Crippen LogP) is 14.6. The van der Waals surface area contributed by atoms with E-state index >= 15 is 0 Å². The Morgan fingerprint density at radius 2 is 1.47 bits per heavy atom. The standard InChI is InChI=1S/C52H41NO2/c1-4-14-34(3)52(5-2)45-20-12-11-19-43(45)44-32-49-50(33-46(44)52)54-48-22-13-21-47(51(48)55-49)53(41-27-25-36-17-9-10-18-37(36)30-41)42-28-26-39-29-38(23-24-40(39)31-42)35-15-7-6-8-16-35/h4,6-8,10-16,18-33H,3,5,9,17H2,1-2H3/b14-4-. The summed E-state index contributed by atoms with van der Waals surface area (Å²) in [5.41, 5.74) is 13.6. The SMILES string of the molecule is C=C(/C=C\C)C1(CC)c2ccccc2-c2cc3c(cc21)Oc1cccc(N(c2ccc4c(c2)C=CCC4)c2ccc4cc(-c5ccccc5)ccc4c2)c1O3. The van der Waals surface area contributed by atoms with Gasteiger partial charge in [0.2, 0.25) is 0 Å². The Labute approximate surface area is 323 Å². The van der Waals surface area contributed by atoms with E-state index in [4.69, 9.17) is 9.47 Å². The van der Waals surface area contributed by atoms with Crippen molar-refractivity contribution >= 4 is 33.9 Å². The smallest absolute Gasteiger partial charge is 0.194 e. The van der Waals surface area contributed by atoms with Crippen molar-refractivity contribution in [1.82, 2.24) is 0 Å². The van der Waals surface area contributed by atoms with Gasteiger partial charge in [0, 0.05) is 16.8 Å². The maximum atomic E-state index is 7.03. The highest BCUT2D eigenvalue weighted by Crippen LogP contribution is 2.60. The first-order valence-electron chi connectivity index (χ1n) is 19.3. The van der Waals surface area contributed by atoms with Gasteiger partial charge in [-0.1, -0.05) is 123 Å². The minimum Gasteiger partial charge on any atom is -0.449 e. The molecule has 3 nitrogen and oxygen atoms in total. The van der Waals surface area contributed by atoms with Gasteiger partial charge >= 0.3 is 0 Å². The van der Waals surface area contributed by atoms with Crippen LogP contribution in [-0.4, -0.2) is 0 Å². The molecule has 7 aromatic carbocycles. The molecule has 0 fully saturated rings. The number of aryl methyl sites for hydroxylation is 1. The van der Waals surface area contributed by atoms with Gasteiger partial charge in [-0.2, -0.15) is 0 Å². The zero-order valence-corrected chi connectivity index (χ0v) is 31.2. The molecule has 1 aliphatic heterocycles. The average Bonchev–Trinajstić information content (AvgIpc) is 3.51. The van der Waals surface area contributed by atoms with Crippen LogP contribution in [0.5, 0.6) is 23.0 Å². The molecule has 10 rings (SSSR count). The number of rotatable bonds is 7. The minimum atomic E-state index is -0.353. The summed E-state index contributed by atoms with van der Waals surface area (Å²) in [4.78, 5) is 2.31. The summed E-state index contributed by atoms with van der Waals surface area (Å²) in [5.74, 6) is 2.80. The molecule has 0 aromatic heterocycles. The van der Waals surface area contributed by atoms with Crippen LogP contribution in [0.1, 0.15) is 48.9 Å². The van der Waals surface area contributed by atoms with Crippen LogP contribution in [0.25, 0.3) is 39.1 Å².